The van der Waals surface area contributed by atoms with E-state index in [0.717, 1.165) is 6.42 Å². The van der Waals surface area contributed by atoms with E-state index in [0.29, 0.717) is 17.8 Å². The van der Waals surface area contributed by atoms with Gasteiger partial charge in [0.15, 0.2) is 0 Å². The van der Waals surface area contributed by atoms with Crippen LogP contribution < -0.4 is 0 Å². The minimum atomic E-state index is 0.192. The first kappa shape index (κ1) is 9.72. The van der Waals surface area contributed by atoms with Crippen LogP contribution in [0.15, 0.2) is 0 Å². The second-order valence-corrected chi connectivity index (χ2v) is 4.11. The molecule has 0 bridgehead atoms. The van der Waals surface area contributed by atoms with E-state index in [4.69, 9.17) is 5.11 Å². The molecule has 1 aliphatic rings. The molecule has 1 saturated carbocycles. The van der Waals surface area contributed by atoms with E-state index in [1.807, 2.05) is 0 Å². The maximum Gasteiger partial charge on any atom is 0.133 e. The molecule has 2 nitrogen and oxygen atoms in total. The molecule has 0 aliphatic heterocycles. The van der Waals surface area contributed by atoms with E-state index < -0.39 is 0 Å². The van der Waals surface area contributed by atoms with Crippen molar-refractivity contribution in [3.63, 3.8) is 0 Å². The average molecular weight is 170 g/mol. The third-order valence-corrected chi connectivity index (χ3v) is 3.52. The average Bonchev–Trinajstić information content (AvgIpc) is 2.30. The van der Waals surface area contributed by atoms with Crippen LogP contribution in [0, 0.1) is 23.7 Å². The van der Waals surface area contributed by atoms with Gasteiger partial charge in [0.05, 0.1) is 0 Å². The number of rotatable bonds is 2. The highest BCUT2D eigenvalue weighted by Gasteiger charge is 2.39. The Morgan fingerprint density at radius 2 is 2.00 bits per heavy atom. The normalized spacial score (nSPS) is 41.7. The highest BCUT2D eigenvalue weighted by molar-refractivity contribution is 5.78. The largest absolute Gasteiger partial charge is 0.396 e. The lowest BCUT2D eigenvalue weighted by Gasteiger charge is -2.16. The lowest BCUT2D eigenvalue weighted by atomic mass is 9.89. The quantitative estimate of drug-likeness (QED) is 0.681. The van der Waals surface area contributed by atoms with Crippen molar-refractivity contribution in [1.82, 2.24) is 0 Å². The summed E-state index contributed by atoms with van der Waals surface area (Å²) in [5.41, 5.74) is 0. The van der Waals surface area contributed by atoms with E-state index in [1.165, 1.54) is 0 Å². The summed E-state index contributed by atoms with van der Waals surface area (Å²) < 4.78 is 0. The third kappa shape index (κ3) is 1.53. The summed E-state index contributed by atoms with van der Waals surface area (Å²) in [7, 11) is 0. The van der Waals surface area contributed by atoms with Gasteiger partial charge >= 0.3 is 0 Å². The molecule has 0 aromatic rings. The van der Waals surface area contributed by atoms with Crippen LogP contribution in [0.2, 0.25) is 0 Å². The molecular weight excluding hydrogens is 152 g/mol. The van der Waals surface area contributed by atoms with Crippen molar-refractivity contribution in [2.75, 3.05) is 6.61 Å². The predicted octanol–water partition coefficient (Wildman–Crippen LogP) is 1.48. The summed E-state index contributed by atoms with van der Waals surface area (Å²) in [6, 6.07) is 0. The number of hydrogen-bond acceptors (Lipinski definition) is 2. The van der Waals surface area contributed by atoms with Crippen molar-refractivity contribution in [2.24, 2.45) is 23.7 Å². The first-order valence-corrected chi connectivity index (χ1v) is 4.69. The van der Waals surface area contributed by atoms with Gasteiger partial charge in [-0.05, 0) is 31.1 Å². The Bertz CT molecular complexity index is 177. The van der Waals surface area contributed by atoms with Crippen LogP contribution in [0.4, 0.5) is 0 Å². The molecule has 1 rings (SSSR count). The molecule has 2 heteroatoms. The van der Waals surface area contributed by atoms with Crippen molar-refractivity contribution in [1.29, 1.82) is 0 Å². The van der Waals surface area contributed by atoms with Crippen molar-refractivity contribution >= 4 is 5.78 Å². The molecular formula is C10H18O2. The topological polar surface area (TPSA) is 37.3 Å². The fourth-order valence-electron chi connectivity index (χ4n) is 2.33. The monoisotopic (exact) mass is 170 g/mol. The second kappa shape index (κ2) is 3.56. The molecule has 1 N–H and O–H groups in total. The first-order chi connectivity index (χ1) is 5.57. The van der Waals surface area contributed by atoms with Crippen molar-refractivity contribution in [2.45, 2.75) is 27.2 Å². The van der Waals surface area contributed by atoms with Crippen molar-refractivity contribution < 1.29 is 9.90 Å². The van der Waals surface area contributed by atoms with Gasteiger partial charge in [0.1, 0.15) is 5.78 Å². The molecule has 0 amide bonds. The van der Waals surface area contributed by atoms with Crippen LogP contribution in [-0.4, -0.2) is 17.5 Å². The van der Waals surface area contributed by atoms with Crippen LogP contribution in [0.25, 0.3) is 0 Å². The van der Waals surface area contributed by atoms with Gasteiger partial charge in [-0.1, -0.05) is 13.8 Å². The number of carbonyl (C=O) groups is 1. The van der Waals surface area contributed by atoms with Crippen LogP contribution in [0.5, 0.6) is 0 Å². The fourth-order valence-corrected chi connectivity index (χ4v) is 2.33. The van der Waals surface area contributed by atoms with Gasteiger partial charge in [-0.15, -0.1) is 0 Å². The molecule has 0 spiro atoms. The van der Waals surface area contributed by atoms with Gasteiger partial charge in [0.2, 0.25) is 0 Å². The number of carbonyl (C=O) groups excluding carboxylic acids is 1. The third-order valence-electron chi connectivity index (χ3n) is 3.52. The molecule has 12 heavy (non-hydrogen) atoms. The highest BCUT2D eigenvalue weighted by Crippen LogP contribution is 2.41. The Morgan fingerprint density at radius 3 is 2.25 bits per heavy atom. The minimum absolute atomic E-state index is 0.192. The van der Waals surface area contributed by atoms with Gasteiger partial charge in [-0.2, -0.15) is 0 Å². The van der Waals surface area contributed by atoms with Crippen LogP contribution in [0.1, 0.15) is 27.2 Å². The van der Waals surface area contributed by atoms with Gasteiger partial charge in [0, 0.05) is 12.5 Å². The smallest absolute Gasteiger partial charge is 0.133 e. The number of Topliss-reactive ketones (excluding diaryl/α,β-unsaturated/α-hetero) is 1. The van der Waals surface area contributed by atoms with E-state index in [9.17, 15) is 4.79 Å². The molecule has 0 heterocycles. The van der Waals surface area contributed by atoms with Crippen molar-refractivity contribution in [3.05, 3.63) is 0 Å². The molecule has 0 unspecified atom stereocenters. The molecule has 1 fully saturated rings. The standard InChI is InChI=1S/C10H18O2/c1-6-7(2)10(8(3)12)4-9(6)5-11/h6-7,9-11H,4-5H2,1-3H3/t6-,7+,9+,10-/m0/s1. The molecule has 70 valence electrons. The summed E-state index contributed by atoms with van der Waals surface area (Å²) in [6.45, 7) is 6.14. The van der Waals surface area contributed by atoms with Gasteiger partial charge in [-0.25, -0.2) is 0 Å². The predicted molar refractivity (Wildman–Crippen MR) is 47.7 cm³/mol. The van der Waals surface area contributed by atoms with E-state index in [2.05, 4.69) is 13.8 Å². The number of ketones is 1. The fraction of sp³-hybridized carbons (Fsp3) is 0.900. The number of aliphatic hydroxyl groups excluding tert-OH is 1. The maximum absolute atomic E-state index is 11.2. The molecule has 0 aromatic carbocycles. The lowest BCUT2D eigenvalue weighted by Crippen LogP contribution is -2.16. The lowest BCUT2D eigenvalue weighted by molar-refractivity contribution is -0.121. The minimum Gasteiger partial charge on any atom is -0.396 e. The maximum atomic E-state index is 11.2. The second-order valence-electron chi connectivity index (χ2n) is 4.11. The van der Waals surface area contributed by atoms with Crippen LogP contribution in [-0.2, 0) is 4.79 Å². The van der Waals surface area contributed by atoms with Crippen molar-refractivity contribution in [3.8, 4) is 0 Å². The summed E-state index contributed by atoms with van der Waals surface area (Å²) in [5, 5.41) is 9.04. The van der Waals surface area contributed by atoms with E-state index in [1.54, 1.807) is 6.92 Å². The zero-order valence-electron chi connectivity index (χ0n) is 8.08. The Kier molecular flexibility index (Phi) is 2.89. The first-order valence-electron chi connectivity index (χ1n) is 4.69. The Labute approximate surface area is 74.0 Å². The zero-order chi connectivity index (χ0) is 9.30. The molecule has 0 saturated heterocycles. The van der Waals surface area contributed by atoms with Gasteiger partial charge in [0.25, 0.3) is 0 Å². The van der Waals surface area contributed by atoms with Gasteiger partial charge < -0.3 is 5.11 Å². The summed E-state index contributed by atoms with van der Waals surface area (Å²) in [4.78, 5) is 11.2. The molecule has 4 atom stereocenters. The Balaban J connectivity index is 2.66. The highest BCUT2D eigenvalue weighted by atomic mass is 16.3. The molecule has 1 aliphatic carbocycles. The summed E-state index contributed by atoms with van der Waals surface area (Å²) >= 11 is 0. The Morgan fingerprint density at radius 1 is 1.42 bits per heavy atom. The van der Waals surface area contributed by atoms with E-state index in [-0.39, 0.29) is 18.3 Å². The van der Waals surface area contributed by atoms with Crippen LogP contribution in [0.3, 0.4) is 0 Å². The van der Waals surface area contributed by atoms with E-state index >= 15 is 0 Å². The SMILES string of the molecule is CC(=O)[C@H]1C[C@H](CO)[C@@H](C)[C@H]1C. The summed E-state index contributed by atoms with van der Waals surface area (Å²) in [5.74, 6) is 1.75. The Hall–Kier alpha value is -0.370. The number of hydrogen-bond donors (Lipinski definition) is 1. The molecule has 0 radical (unpaired) electrons. The van der Waals surface area contributed by atoms with Crippen LogP contribution >= 0.6 is 0 Å². The molecule has 0 aromatic heterocycles. The summed E-state index contributed by atoms with van der Waals surface area (Å²) in [6.07, 6.45) is 0.883. The zero-order valence-corrected chi connectivity index (χ0v) is 8.08. The van der Waals surface area contributed by atoms with Gasteiger partial charge in [-0.3, -0.25) is 4.79 Å². The number of aliphatic hydroxyl groups is 1.